The van der Waals surface area contributed by atoms with Crippen LogP contribution < -0.4 is 0 Å². The summed E-state index contributed by atoms with van der Waals surface area (Å²) in [6.45, 7) is 1.79. The Balaban J connectivity index is 2.29. The molecule has 0 aliphatic rings. The predicted octanol–water partition coefficient (Wildman–Crippen LogP) is 0.678. The lowest BCUT2D eigenvalue weighted by atomic mass is 10.3. The maximum atomic E-state index is 8.99. The zero-order valence-corrected chi connectivity index (χ0v) is 8.08. The van der Waals surface area contributed by atoms with Gasteiger partial charge in [-0.3, -0.25) is 0 Å². The van der Waals surface area contributed by atoms with Crippen molar-refractivity contribution in [1.29, 1.82) is 0 Å². The molecule has 0 aromatic carbocycles. The normalized spacial score (nSPS) is 13.2. The van der Waals surface area contributed by atoms with Crippen LogP contribution in [0.5, 0.6) is 0 Å². The zero-order chi connectivity index (χ0) is 8.97. The number of rotatable bonds is 4. The van der Waals surface area contributed by atoms with Gasteiger partial charge in [-0.2, -0.15) is 5.10 Å². The molecule has 0 saturated heterocycles. The molecule has 0 spiro atoms. The van der Waals surface area contributed by atoms with Gasteiger partial charge in [-0.15, -0.1) is 0 Å². The molecule has 1 heterocycles. The van der Waals surface area contributed by atoms with Crippen molar-refractivity contribution in [1.82, 2.24) is 14.8 Å². The van der Waals surface area contributed by atoms with Crippen molar-refractivity contribution in [2.24, 2.45) is 7.05 Å². The maximum absolute atomic E-state index is 8.99. The monoisotopic (exact) mass is 187 g/mol. The fourth-order valence-electron chi connectivity index (χ4n) is 0.737. The van der Waals surface area contributed by atoms with Crippen LogP contribution in [-0.4, -0.2) is 31.7 Å². The van der Waals surface area contributed by atoms with E-state index in [-0.39, 0.29) is 6.10 Å². The predicted molar refractivity (Wildman–Crippen MR) is 48.0 cm³/mol. The first-order valence-electron chi connectivity index (χ1n) is 3.85. The van der Waals surface area contributed by atoms with E-state index < -0.39 is 0 Å². The Labute approximate surface area is 76.0 Å². The SMILES string of the molecule is CC(O)CCSc1ncnn1C. The first-order valence-corrected chi connectivity index (χ1v) is 4.83. The standard InChI is InChI=1S/C7H13N3OS/c1-6(11)3-4-12-7-8-5-9-10(7)2/h5-6,11H,3-4H2,1-2H3. The molecule has 1 N–H and O–H groups in total. The van der Waals surface area contributed by atoms with Gasteiger partial charge in [0.15, 0.2) is 5.16 Å². The number of thioether (sulfide) groups is 1. The van der Waals surface area contributed by atoms with Gasteiger partial charge in [-0.1, -0.05) is 11.8 Å². The Morgan fingerprint density at radius 2 is 2.50 bits per heavy atom. The second kappa shape index (κ2) is 4.47. The molecule has 1 aromatic heterocycles. The van der Waals surface area contributed by atoms with Crippen LogP contribution in [0.1, 0.15) is 13.3 Å². The molecule has 12 heavy (non-hydrogen) atoms. The molecule has 1 atom stereocenters. The van der Waals surface area contributed by atoms with Crippen molar-refractivity contribution < 1.29 is 5.11 Å². The van der Waals surface area contributed by atoms with E-state index >= 15 is 0 Å². The molecule has 68 valence electrons. The van der Waals surface area contributed by atoms with E-state index in [1.54, 1.807) is 23.4 Å². The molecule has 1 unspecified atom stereocenters. The largest absolute Gasteiger partial charge is 0.393 e. The number of aryl methyl sites for hydroxylation is 1. The molecule has 0 saturated carbocycles. The van der Waals surface area contributed by atoms with Crippen molar-refractivity contribution in [3.63, 3.8) is 0 Å². The van der Waals surface area contributed by atoms with E-state index in [0.717, 1.165) is 17.3 Å². The molecule has 0 radical (unpaired) electrons. The van der Waals surface area contributed by atoms with Crippen LogP contribution in [0.2, 0.25) is 0 Å². The topological polar surface area (TPSA) is 50.9 Å². The Morgan fingerprint density at radius 1 is 1.75 bits per heavy atom. The highest BCUT2D eigenvalue weighted by molar-refractivity contribution is 7.99. The van der Waals surface area contributed by atoms with Crippen LogP contribution in [0.15, 0.2) is 11.5 Å². The molecule has 0 bridgehead atoms. The van der Waals surface area contributed by atoms with Gasteiger partial charge in [0, 0.05) is 12.8 Å². The van der Waals surface area contributed by atoms with Gasteiger partial charge in [0.1, 0.15) is 6.33 Å². The number of aliphatic hydroxyl groups excluding tert-OH is 1. The molecular formula is C7H13N3OS. The average molecular weight is 187 g/mol. The average Bonchev–Trinajstić information content (AvgIpc) is 2.36. The summed E-state index contributed by atoms with van der Waals surface area (Å²) in [5.41, 5.74) is 0. The van der Waals surface area contributed by atoms with Crippen LogP contribution in [0.4, 0.5) is 0 Å². The fourth-order valence-corrected chi connectivity index (χ4v) is 1.73. The molecule has 0 amide bonds. The Bertz CT molecular complexity index is 236. The van der Waals surface area contributed by atoms with Crippen LogP contribution in [0.25, 0.3) is 0 Å². The number of aliphatic hydroxyl groups is 1. The van der Waals surface area contributed by atoms with Gasteiger partial charge in [0.25, 0.3) is 0 Å². The van der Waals surface area contributed by atoms with Gasteiger partial charge in [0.05, 0.1) is 6.10 Å². The Morgan fingerprint density at radius 3 is 3.00 bits per heavy atom. The minimum Gasteiger partial charge on any atom is -0.393 e. The van der Waals surface area contributed by atoms with Gasteiger partial charge in [-0.25, -0.2) is 9.67 Å². The summed E-state index contributed by atoms with van der Waals surface area (Å²) in [5.74, 6) is 0.879. The van der Waals surface area contributed by atoms with Crippen molar-refractivity contribution in [3.05, 3.63) is 6.33 Å². The number of hydrogen-bond donors (Lipinski definition) is 1. The number of aromatic nitrogens is 3. The van der Waals surface area contributed by atoms with E-state index in [1.807, 2.05) is 7.05 Å². The van der Waals surface area contributed by atoms with Crippen LogP contribution in [-0.2, 0) is 7.05 Å². The first kappa shape index (κ1) is 9.54. The number of hydrogen-bond acceptors (Lipinski definition) is 4. The molecular weight excluding hydrogens is 174 g/mol. The summed E-state index contributed by atoms with van der Waals surface area (Å²) in [5, 5.41) is 13.8. The highest BCUT2D eigenvalue weighted by Crippen LogP contribution is 2.14. The third kappa shape index (κ3) is 2.83. The Kier molecular flexibility index (Phi) is 3.55. The summed E-state index contributed by atoms with van der Waals surface area (Å²) in [4.78, 5) is 4.05. The van der Waals surface area contributed by atoms with E-state index in [0.29, 0.717) is 0 Å². The minimum atomic E-state index is -0.231. The van der Waals surface area contributed by atoms with E-state index in [2.05, 4.69) is 10.1 Å². The zero-order valence-electron chi connectivity index (χ0n) is 7.27. The highest BCUT2D eigenvalue weighted by Gasteiger charge is 2.01. The fraction of sp³-hybridized carbons (Fsp3) is 0.714. The lowest BCUT2D eigenvalue weighted by molar-refractivity contribution is 0.192. The van der Waals surface area contributed by atoms with Gasteiger partial charge in [0.2, 0.25) is 0 Å². The molecule has 5 heteroatoms. The van der Waals surface area contributed by atoms with Crippen molar-refractivity contribution in [2.45, 2.75) is 24.6 Å². The van der Waals surface area contributed by atoms with Crippen LogP contribution in [0.3, 0.4) is 0 Å². The summed E-state index contributed by atoms with van der Waals surface area (Å²) in [7, 11) is 1.86. The molecule has 1 aromatic rings. The summed E-state index contributed by atoms with van der Waals surface area (Å²) >= 11 is 1.61. The van der Waals surface area contributed by atoms with Gasteiger partial charge in [-0.05, 0) is 13.3 Å². The minimum absolute atomic E-state index is 0.231. The second-order valence-electron chi connectivity index (χ2n) is 2.65. The molecule has 1 rings (SSSR count). The summed E-state index contributed by atoms with van der Waals surface area (Å²) < 4.78 is 1.73. The van der Waals surface area contributed by atoms with Gasteiger partial charge < -0.3 is 5.11 Å². The van der Waals surface area contributed by atoms with E-state index in [9.17, 15) is 0 Å². The lowest BCUT2D eigenvalue weighted by Gasteiger charge is -2.02. The smallest absolute Gasteiger partial charge is 0.185 e. The lowest BCUT2D eigenvalue weighted by Crippen LogP contribution is -2.01. The molecule has 0 fully saturated rings. The third-order valence-electron chi connectivity index (χ3n) is 1.44. The van der Waals surface area contributed by atoms with Crippen LogP contribution >= 0.6 is 11.8 Å². The van der Waals surface area contributed by atoms with Crippen molar-refractivity contribution in [3.8, 4) is 0 Å². The van der Waals surface area contributed by atoms with Crippen molar-refractivity contribution in [2.75, 3.05) is 5.75 Å². The molecule has 0 aliphatic heterocycles. The van der Waals surface area contributed by atoms with E-state index in [1.165, 1.54) is 6.33 Å². The van der Waals surface area contributed by atoms with Gasteiger partial charge >= 0.3 is 0 Å². The summed E-state index contributed by atoms with van der Waals surface area (Å²) in [6, 6.07) is 0. The van der Waals surface area contributed by atoms with Crippen LogP contribution in [0, 0.1) is 0 Å². The van der Waals surface area contributed by atoms with Crippen molar-refractivity contribution >= 4 is 11.8 Å². The summed E-state index contributed by atoms with van der Waals surface area (Å²) in [6.07, 6.45) is 2.09. The third-order valence-corrected chi connectivity index (χ3v) is 2.50. The quantitative estimate of drug-likeness (QED) is 0.704. The first-order chi connectivity index (χ1) is 5.70. The Hall–Kier alpha value is -0.550. The number of nitrogens with zero attached hydrogens (tertiary/aromatic N) is 3. The molecule has 4 nitrogen and oxygen atoms in total. The highest BCUT2D eigenvalue weighted by atomic mass is 32.2. The van der Waals surface area contributed by atoms with E-state index in [4.69, 9.17) is 5.11 Å². The second-order valence-corrected chi connectivity index (χ2v) is 3.71. The molecule has 0 aliphatic carbocycles. The maximum Gasteiger partial charge on any atom is 0.185 e.